The molecule has 0 spiro atoms. The Bertz CT molecular complexity index is 1090. The average molecular weight is 442 g/mol. The van der Waals surface area contributed by atoms with Crippen LogP contribution in [0.15, 0.2) is 30.3 Å². The van der Waals surface area contributed by atoms with E-state index in [4.69, 9.17) is 0 Å². The number of aliphatic hydroxyl groups excluding tert-OH is 2. The Kier molecular flexibility index (Phi) is 4.83. The summed E-state index contributed by atoms with van der Waals surface area (Å²) in [7, 11) is 0. The summed E-state index contributed by atoms with van der Waals surface area (Å²) in [5.74, 6) is -1.96. The monoisotopic (exact) mass is 442 g/mol. The molecule has 168 valence electrons. The minimum Gasteiger partial charge on any atom is -0.392 e. The maximum absolute atomic E-state index is 13.6. The zero-order valence-corrected chi connectivity index (χ0v) is 17.5. The zero-order valence-electron chi connectivity index (χ0n) is 17.5. The van der Waals surface area contributed by atoms with Gasteiger partial charge in [-0.05, 0) is 72.2 Å². The molecule has 1 aliphatic heterocycles. The van der Waals surface area contributed by atoms with E-state index < -0.39 is 22.5 Å². The molecular formula is C24H24F2N2O4. The molecule has 6 rings (SSSR count). The number of rotatable bonds is 5. The van der Waals surface area contributed by atoms with Gasteiger partial charge in [0.1, 0.15) is 0 Å². The molecule has 3 fully saturated rings. The van der Waals surface area contributed by atoms with Crippen molar-refractivity contribution in [2.24, 2.45) is 10.8 Å². The lowest BCUT2D eigenvalue weighted by Crippen LogP contribution is -2.71. The highest BCUT2D eigenvalue weighted by Gasteiger charge is 2.75. The van der Waals surface area contributed by atoms with Gasteiger partial charge in [-0.3, -0.25) is 9.59 Å². The number of benzene rings is 2. The van der Waals surface area contributed by atoms with Gasteiger partial charge in [0.15, 0.2) is 11.6 Å². The highest BCUT2D eigenvalue weighted by molar-refractivity contribution is 6.02. The topological polar surface area (TPSA) is 89.9 Å². The van der Waals surface area contributed by atoms with Crippen molar-refractivity contribution in [2.75, 3.05) is 11.9 Å². The van der Waals surface area contributed by atoms with Crippen molar-refractivity contribution in [1.29, 1.82) is 0 Å². The van der Waals surface area contributed by atoms with Gasteiger partial charge in [0, 0.05) is 18.8 Å². The number of carbonyl (C=O) groups excluding carboxylic acids is 2. The maximum Gasteiger partial charge on any atom is 0.230 e. The van der Waals surface area contributed by atoms with Crippen LogP contribution in [-0.2, 0) is 35.8 Å². The molecular weight excluding hydrogens is 418 g/mol. The van der Waals surface area contributed by atoms with E-state index in [9.17, 15) is 28.6 Å². The number of amides is 2. The summed E-state index contributed by atoms with van der Waals surface area (Å²) in [5.41, 5.74) is 1.94. The van der Waals surface area contributed by atoms with Gasteiger partial charge in [0.05, 0.1) is 24.0 Å². The molecule has 0 aromatic heterocycles. The smallest absolute Gasteiger partial charge is 0.230 e. The Morgan fingerprint density at radius 1 is 0.906 bits per heavy atom. The highest BCUT2D eigenvalue weighted by Crippen LogP contribution is 2.74. The van der Waals surface area contributed by atoms with Crippen molar-refractivity contribution in [1.82, 2.24) is 4.90 Å². The first kappa shape index (κ1) is 21.0. The van der Waals surface area contributed by atoms with Crippen LogP contribution in [0.2, 0.25) is 0 Å². The lowest BCUT2D eigenvalue weighted by molar-refractivity contribution is -0.213. The molecule has 0 atom stereocenters. The summed E-state index contributed by atoms with van der Waals surface area (Å²) in [4.78, 5) is 27.7. The Morgan fingerprint density at radius 3 is 2.09 bits per heavy atom. The lowest BCUT2D eigenvalue weighted by atomic mass is 9.34. The minimum absolute atomic E-state index is 0.0209. The van der Waals surface area contributed by atoms with E-state index in [1.54, 1.807) is 23.1 Å². The number of carbonyl (C=O) groups is 2. The number of hydrogen-bond donors (Lipinski definition) is 3. The van der Waals surface area contributed by atoms with Gasteiger partial charge >= 0.3 is 0 Å². The van der Waals surface area contributed by atoms with E-state index >= 15 is 0 Å². The molecule has 0 unspecified atom stereocenters. The van der Waals surface area contributed by atoms with Gasteiger partial charge in [0.25, 0.3) is 0 Å². The van der Waals surface area contributed by atoms with Crippen LogP contribution in [-0.4, -0.2) is 33.5 Å². The van der Waals surface area contributed by atoms with E-state index in [1.807, 2.05) is 0 Å². The third-order valence-electron chi connectivity index (χ3n) is 7.18. The molecule has 0 radical (unpaired) electrons. The Morgan fingerprint density at radius 2 is 1.50 bits per heavy atom. The van der Waals surface area contributed by atoms with Gasteiger partial charge in [-0.1, -0.05) is 6.07 Å². The quantitative estimate of drug-likeness (QED) is 0.664. The third kappa shape index (κ3) is 3.20. The fourth-order valence-corrected chi connectivity index (χ4v) is 5.59. The van der Waals surface area contributed by atoms with Crippen LogP contribution in [0.5, 0.6) is 0 Å². The number of anilines is 1. The first-order chi connectivity index (χ1) is 15.3. The lowest BCUT2D eigenvalue weighted by Gasteiger charge is -2.68. The molecule has 8 heteroatoms. The van der Waals surface area contributed by atoms with Crippen molar-refractivity contribution in [3.8, 4) is 0 Å². The molecule has 3 aliphatic carbocycles. The Hall–Kier alpha value is -2.84. The molecule has 1 heterocycles. The minimum atomic E-state index is -0.909. The molecule has 2 aromatic rings. The number of hydrogen-bond acceptors (Lipinski definition) is 4. The predicted molar refractivity (Wildman–Crippen MR) is 111 cm³/mol. The van der Waals surface area contributed by atoms with E-state index in [2.05, 4.69) is 5.32 Å². The van der Waals surface area contributed by atoms with Gasteiger partial charge in [-0.15, -0.1) is 0 Å². The molecule has 32 heavy (non-hydrogen) atoms. The molecule has 0 saturated heterocycles. The second-order valence-corrected chi connectivity index (χ2v) is 9.41. The van der Waals surface area contributed by atoms with Crippen LogP contribution in [0, 0.1) is 22.5 Å². The summed E-state index contributed by atoms with van der Waals surface area (Å²) in [6.45, 7) is 0.309. The van der Waals surface area contributed by atoms with Gasteiger partial charge < -0.3 is 20.4 Å². The second kappa shape index (κ2) is 7.35. The molecule has 2 aromatic carbocycles. The van der Waals surface area contributed by atoms with Crippen molar-refractivity contribution < 1.29 is 28.6 Å². The summed E-state index contributed by atoms with van der Waals surface area (Å²) >= 11 is 0. The second-order valence-electron chi connectivity index (χ2n) is 9.41. The zero-order chi connectivity index (χ0) is 22.7. The summed E-state index contributed by atoms with van der Waals surface area (Å²) < 4.78 is 27.1. The number of fused-ring (bicyclic) bond motifs is 1. The Balaban J connectivity index is 1.23. The molecule has 4 aliphatic rings. The van der Waals surface area contributed by atoms with Gasteiger partial charge in [0.2, 0.25) is 11.8 Å². The highest BCUT2D eigenvalue weighted by atomic mass is 19.2. The van der Waals surface area contributed by atoms with E-state index in [-0.39, 0.29) is 31.6 Å². The van der Waals surface area contributed by atoms with Crippen molar-refractivity contribution in [2.45, 2.75) is 45.4 Å². The van der Waals surface area contributed by atoms with Crippen LogP contribution >= 0.6 is 0 Å². The SMILES string of the molecule is O=C(Nc1cc(CO)cc(CO)c1)C12CC(C(=O)N3CCc4cc(F)c(F)cc4C3)(C1)C2. The van der Waals surface area contributed by atoms with E-state index in [0.29, 0.717) is 54.6 Å². The summed E-state index contributed by atoms with van der Waals surface area (Å²) in [5, 5.41) is 21.6. The Labute approximate surface area is 183 Å². The maximum atomic E-state index is 13.6. The normalized spacial score (nSPS) is 25.4. The summed E-state index contributed by atoms with van der Waals surface area (Å²) in [6.07, 6.45) is 1.89. The van der Waals surface area contributed by atoms with Crippen LogP contribution in [0.25, 0.3) is 0 Å². The third-order valence-corrected chi connectivity index (χ3v) is 7.18. The van der Waals surface area contributed by atoms with Gasteiger partial charge in [-0.2, -0.15) is 0 Å². The van der Waals surface area contributed by atoms with Crippen LogP contribution < -0.4 is 5.32 Å². The number of halogens is 2. The molecule has 2 amide bonds. The van der Waals surface area contributed by atoms with E-state index in [1.165, 1.54) is 12.1 Å². The average Bonchev–Trinajstić information content (AvgIpc) is 2.71. The predicted octanol–water partition coefficient (Wildman–Crippen LogP) is 2.64. The molecule has 6 nitrogen and oxygen atoms in total. The molecule has 3 N–H and O–H groups in total. The molecule has 2 bridgehead atoms. The summed E-state index contributed by atoms with van der Waals surface area (Å²) in [6, 6.07) is 7.37. The first-order valence-electron chi connectivity index (χ1n) is 10.7. The fraction of sp³-hybridized carbons (Fsp3) is 0.417. The number of nitrogens with one attached hydrogen (secondary N) is 1. The van der Waals surface area contributed by atoms with Crippen LogP contribution in [0.3, 0.4) is 0 Å². The van der Waals surface area contributed by atoms with Crippen molar-refractivity contribution in [3.05, 3.63) is 64.2 Å². The van der Waals surface area contributed by atoms with Crippen molar-refractivity contribution >= 4 is 17.5 Å². The largest absolute Gasteiger partial charge is 0.392 e. The fourth-order valence-electron chi connectivity index (χ4n) is 5.59. The molecule has 3 saturated carbocycles. The van der Waals surface area contributed by atoms with Gasteiger partial charge in [-0.25, -0.2) is 8.78 Å². The van der Waals surface area contributed by atoms with Crippen LogP contribution in [0.1, 0.15) is 41.5 Å². The van der Waals surface area contributed by atoms with Crippen LogP contribution in [0.4, 0.5) is 14.5 Å². The van der Waals surface area contributed by atoms with E-state index in [0.717, 1.165) is 5.56 Å². The number of aliphatic hydroxyl groups is 2. The number of nitrogens with zero attached hydrogens (tertiary/aromatic N) is 1. The standard InChI is InChI=1S/C24H24F2N2O4/c25-19-6-16-1-2-28(8-17(16)7-20(19)26)22(32)24-11-23(12-24,13-24)21(31)27-18-4-14(9-29)3-15(5-18)10-30/h3-7,29-30H,1-2,8-13H2,(H,27,31). The first-order valence-corrected chi connectivity index (χ1v) is 10.7. The van der Waals surface area contributed by atoms with Crippen molar-refractivity contribution in [3.63, 3.8) is 0 Å².